The molecule has 0 fully saturated rings. The normalized spacial score (nSPS) is 10.5. The first kappa shape index (κ1) is 11.9. The van der Waals surface area contributed by atoms with Gasteiger partial charge in [-0.3, -0.25) is 4.79 Å². The molecule has 5 nitrogen and oxygen atoms in total. The van der Waals surface area contributed by atoms with Gasteiger partial charge in [-0.15, -0.1) is 11.8 Å². The number of rotatable bonds is 3. The number of carbonyl (C=O) groups is 1. The third kappa shape index (κ3) is 2.13. The largest absolute Gasteiger partial charge is 0.364 e. The number of benzene rings is 1. The van der Waals surface area contributed by atoms with E-state index in [1.54, 1.807) is 6.07 Å². The van der Waals surface area contributed by atoms with Crippen molar-refractivity contribution < 1.29 is 4.79 Å². The summed E-state index contributed by atoms with van der Waals surface area (Å²) in [6, 6.07) is 5.46. The lowest BCUT2D eigenvalue weighted by Gasteiger charge is -2.07. The Morgan fingerprint density at radius 1 is 1.47 bits per heavy atom. The summed E-state index contributed by atoms with van der Waals surface area (Å²) in [5, 5.41) is 10.6. The number of primary amides is 1. The number of thioether (sulfide) groups is 1. The van der Waals surface area contributed by atoms with E-state index in [4.69, 9.17) is 17.3 Å². The summed E-state index contributed by atoms with van der Waals surface area (Å²) in [5.74, 6) is -0.638. The van der Waals surface area contributed by atoms with Crippen molar-refractivity contribution in [1.82, 2.24) is 15.4 Å². The van der Waals surface area contributed by atoms with Crippen molar-refractivity contribution in [3.63, 3.8) is 0 Å². The summed E-state index contributed by atoms with van der Waals surface area (Å²) >= 11 is 7.64. The van der Waals surface area contributed by atoms with E-state index >= 15 is 0 Å². The maximum atomic E-state index is 11.2. The van der Waals surface area contributed by atoms with Gasteiger partial charge < -0.3 is 5.73 Å². The highest BCUT2D eigenvalue weighted by Gasteiger charge is 2.20. The van der Waals surface area contributed by atoms with Crippen LogP contribution in [0.3, 0.4) is 0 Å². The minimum atomic E-state index is -0.638. The molecule has 1 aromatic heterocycles. The maximum absolute atomic E-state index is 11.2. The van der Waals surface area contributed by atoms with Gasteiger partial charge in [-0.25, -0.2) is 0 Å². The average molecular weight is 269 g/mol. The fourth-order valence-corrected chi connectivity index (χ4v) is 2.43. The smallest absolute Gasteiger partial charge is 0.271 e. The molecule has 2 rings (SSSR count). The van der Waals surface area contributed by atoms with Crippen LogP contribution in [0.5, 0.6) is 0 Å². The molecule has 17 heavy (non-hydrogen) atoms. The molecule has 3 N–H and O–H groups in total. The van der Waals surface area contributed by atoms with Crippen molar-refractivity contribution in [3.8, 4) is 11.3 Å². The van der Waals surface area contributed by atoms with Gasteiger partial charge in [-0.2, -0.15) is 15.4 Å². The van der Waals surface area contributed by atoms with Crippen LogP contribution in [-0.2, 0) is 0 Å². The van der Waals surface area contributed by atoms with Gasteiger partial charge in [0.25, 0.3) is 5.91 Å². The summed E-state index contributed by atoms with van der Waals surface area (Å²) in [5.41, 5.74) is 6.37. The Morgan fingerprint density at radius 3 is 2.88 bits per heavy atom. The SMILES string of the molecule is CSc1cccc(Cl)c1-c1n[nH]nc1C(N)=O. The molecule has 0 aliphatic rings. The van der Waals surface area contributed by atoms with Gasteiger partial charge in [0.15, 0.2) is 5.69 Å². The van der Waals surface area contributed by atoms with E-state index in [1.807, 2.05) is 18.4 Å². The van der Waals surface area contributed by atoms with Crippen LogP contribution < -0.4 is 5.73 Å². The summed E-state index contributed by atoms with van der Waals surface area (Å²) < 4.78 is 0. The Kier molecular flexibility index (Phi) is 3.35. The lowest BCUT2D eigenvalue weighted by Crippen LogP contribution is -2.13. The second kappa shape index (κ2) is 4.77. The molecule has 0 atom stereocenters. The lowest BCUT2D eigenvalue weighted by atomic mass is 10.1. The van der Waals surface area contributed by atoms with E-state index in [0.29, 0.717) is 16.3 Å². The molecule has 0 aliphatic carbocycles. The van der Waals surface area contributed by atoms with E-state index < -0.39 is 5.91 Å². The van der Waals surface area contributed by atoms with Gasteiger partial charge >= 0.3 is 0 Å². The zero-order valence-electron chi connectivity index (χ0n) is 8.90. The summed E-state index contributed by atoms with van der Waals surface area (Å²) in [6.45, 7) is 0. The van der Waals surface area contributed by atoms with E-state index in [-0.39, 0.29) is 5.69 Å². The molecule has 0 unspecified atom stereocenters. The molecule has 1 amide bonds. The number of amides is 1. The number of nitrogens with one attached hydrogen (secondary N) is 1. The first-order valence-corrected chi connectivity index (χ1v) is 6.29. The van der Waals surface area contributed by atoms with Crippen LogP contribution in [0.15, 0.2) is 23.1 Å². The minimum absolute atomic E-state index is 0.0911. The van der Waals surface area contributed by atoms with Crippen molar-refractivity contribution in [2.45, 2.75) is 4.90 Å². The number of carbonyl (C=O) groups excluding carboxylic acids is 1. The van der Waals surface area contributed by atoms with Gasteiger partial charge in [0.2, 0.25) is 0 Å². The van der Waals surface area contributed by atoms with Gasteiger partial charge in [0, 0.05) is 10.5 Å². The molecule has 88 valence electrons. The van der Waals surface area contributed by atoms with Crippen LogP contribution in [0.25, 0.3) is 11.3 Å². The molecule has 7 heteroatoms. The Hall–Kier alpha value is -1.53. The highest BCUT2D eigenvalue weighted by molar-refractivity contribution is 7.98. The quantitative estimate of drug-likeness (QED) is 0.833. The molecule has 0 radical (unpaired) electrons. The summed E-state index contributed by atoms with van der Waals surface area (Å²) in [7, 11) is 0. The van der Waals surface area contributed by atoms with Crippen molar-refractivity contribution in [1.29, 1.82) is 0 Å². The molecule has 2 aromatic rings. The Balaban J connectivity index is 2.68. The summed E-state index contributed by atoms with van der Waals surface area (Å²) in [6.07, 6.45) is 1.92. The predicted octanol–water partition coefficient (Wildman–Crippen LogP) is 1.95. The van der Waals surface area contributed by atoms with Crippen LogP contribution in [0, 0.1) is 0 Å². The first-order chi connectivity index (χ1) is 8.15. The number of hydrogen-bond donors (Lipinski definition) is 2. The molecule has 1 aromatic carbocycles. The maximum Gasteiger partial charge on any atom is 0.271 e. The number of nitrogens with zero attached hydrogens (tertiary/aromatic N) is 2. The fraction of sp³-hybridized carbons (Fsp3) is 0.100. The van der Waals surface area contributed by atoms with Crippen molar-refractivity contribution in [3.05, 3.63) is 28.9 Å². The van der Waals surface area contributed by atoms with Gasteiger partial charge in [-0.05, 0) is 18.4 Å². The number of aromatic amines is 1. The number of H-pyrrole nitrogens is 1. The molecule has 0 saturated heterocycles. The zero-order valence-corrected chi connectivity index (χ0v) is 10.5. The zero-order chi connectivity index (χ0) is 12.4. The standard InChI is InChI=1S/C10H9ClN4OS/c1-17-6-4-2-3-5(11)7(6)8-9(10(12)16)14-15-13-8/h2-4H,1H3,(H2,12,16)(H,13,14,15). The predicted molar refractivity (Wildman–Crippen MR) is 67.1 cm³/mol. The monoisotopic (exact) mass is 268 g/mol. The number of halogens is 1. The molecule has 1 heterocycles. The van der Waals surface area contributed by atoms with Gasteiger partial charge in [-0.1, -0.05) is 17.7 Å². The van der Waals surface area contributed by atoms with Gasteiger partial charge in [0.05, 0.1) is 5.02 Å². The number of hydrogen-bond acceptors (Lipinski definition) is 4. The average Bonchev–Trinajstić information content (AvgIpc) is 2.77. The highest BCUT2D eigenvalue weighted by Crippen LogP contribution is 2.35. The Morgan fingerprint density at radius 2 is 2.24 bits per heavy atom. The van der Waals surface area contributed by atoms with Crippen molar-refractivity contribution >= 4 is 29.3 Å². The number of nitrogens with two attached hydrogens (primary N) is 1. The van der Waals surface area contributed by atoms with Crippen LogP contribution >= 0.6 is 23.4 Å². The van der Waals surface area contributed by atoms with Crippen LogP contribution in [0.2, 0.25) is 5.02 Å². The van der Waals surface area contributed by atoms with Crippen LogP contribution in [0.1, 0.15) is 10.5 Å². The van der Waals surface area contributed by atoms with Crippen LogP contribution in [-0.4, -0.2) is 27.6 Å². The van der Waals surface area contributed by atoms with Crippen LogP contribution in [0.4, 0.5) is 0 Å². The highest BCUT2D eigenvalue weighted by atomic mass is 35.5. The molecular weight excluding hydrogens is 260 g/mol. The molecule has 0 spiro atoms. The molecular formula is C10H9ClN4OS. The van der Waals surface area contributed by atoms with Gasteiger partial charge in [0.1, 0.15) is 5.69 Å². The molecule has 0 saturated carbocycles. The third-order valence-corrected chi connectivity index (χ3v) is 3.31. The second-order valence-corrected chi connectivity index (χ2v) is 4.46. The second-order valence-electron chi connectivity index (χ2n) is 3.20. The Labute approximate surface area is 107 Å². The molecule has 0 bridgehead atoms. The lowest BCUT2D eigenvalue weighted by molar-refractivity contribution is 0.0996. The van der Waals surface area contributed by atoms with Crippen molar-refractivity contribution in [2.24, 2.45) is 5.73 Å². The fourth-order valence-electron chi connectivity index (χ4n) is 1.48. The third-order valence-electron chi connectivity index (χ3n) is 2.21. The first-order valence-electron chi connectivity index (χ1n) is 4.68. The van der Waals surface area contributed by atoms with E-state index in [1.165, 1.54) is 11.8 Å². The van der Waals surface area contributed by atoms with E-state index in [2.05, 4.69) is 15.4 Å². The van der Waals surface area contributed by atoms with E-state index in [0.717, 1.165) is 4.90 Å². The topological polar surface area (TPSA) is 84.7 Å². The minimum Gasteiger partial charge on any atom is -0.364 e. The molecule has 0 aliphatic heterocycles. The number of aromatic nitrogens is 3. The Bertz CT molecular complexity index is 569. The summed E-state index contributed by atoms with van der Waals surface area (Å²) in [4.78, 5) is 12.1. The van der Waals surface area contributed by atoms with Crippen molar-refractivity contribution in [2.75, 3.05) is 6.26 Å². The van der Waals surface area contributed by atoms with E-state index in [9.17, 15) is 4.79 Å².